The van der Waals surface area contributed by atoms with Crippen LogP contribution in [0.1, 0.15) is 29.9 Å². The first-order valence-corrected chi connectivity index (χ1v) is 6.67. The molecule has 0 unspecified atom stereocenters. The van der Waals surface area contributed by atoms with Gasteiger partial charge in [-0.2, -0.15) is 0 Å². The minimum absolute atomic E-state index is 0.533. The fourth-order valence-electron chi connectivity index (χ4n) is 2.89. The van der Waals surface area contributed by atoms with Gasteiger partial charge in [0.2, 0.25) is 0 Å². The van der Waals surface area contributed by atoms with Gasteiger partial charge in [-0.25, -0.2) is 4.98 Å². The standard InChI is InChI=1S/C15H18N4/c1-2-11-14-12(10-3-6-17-7-4-10)5-8-18-13(14)9-19-15(11)16/h2,5,8-10,17H,1,3-4,6-7H2,(H2,16,19). The highest BCUT2D eigenvalue weighted by molar-refractivity contribution is 5.93. The number of piperidine rings is 1. The highest BCUT2D eigenvalue weighted by Gasteiger charge is 2.19. The van der Waals surface area contributed by atoms with Crippen molar-refractivity contribution < 1.29 is 0 Å². The zero-order valence-corrected chi connectivity index (χ0v) is 10.9. The molecule has 0 spiro atoms. The number of fused-ring (bicyclic) bond motifs is 1. The average Bonchev–Trinajstić information content (AvgIpc) is 2.47. The molecule has 1 aliphatic heterocycles. The van der Waals surface area contributed by atoms with Crippen LogP contribution in [-0.2, 0) is 0 Å². The van der Waals surface area contributed by atoms with E-state index in [4.69, 9.17) is 5.73 Å². The number of nitrogens with one attached hydrogen (secondary N) is 1. The second-order valence-corrected chi connectivity index (χ2v) is 4.95. The SMILES string of the molecule is C=Cc1c(N)ncc2nccc(C3CCNCC3)c12. The molecule has 1 fully saturated rings. The van der Waals surface area contributed by atoms with Crippen LogP contribution < -0.4 is 11.1 Å². The van der Waals surface area contributed by atoms with Crippen molar-refractivity contribution in [1.82, 2.24) is 15.3 Å². The summed E-state index contributed by atoms with van der Waals surface area (Å²) in [5.74, 6) is 1.10. The molecule has 3 N–H and O–H groups in total. The van der Waals surface area contributed by atoms with Crippen molar-refractivity contribution in [3.63, 3.8) is 0 Å². The van der Waals surface area contributed by atoms with E-state index in [1.54, 1.807) is 12.3 Å². The van der Waals surface area contributed by atoms with E-state index in [-0.39, 0.29) is 0 Å². The lowest BCUT2D eigenvalue weighted by molar-refractivity contribution is 0.462. The molecule has 19 heavy (non-hydrogen) atoms. The average molecular weight is 254 g/mol. The van der Waals surface area contributed by atoms with Crippen LogP contribution in [0.3, 0.4) is 0 Å². The summed E-state index contributed by atoms with van der Waals surface area (Å²) in [7, 11) is 0. The van der Waals surface area contributed by atoms with E-state index in [9.17, 15) is 0 Å². The van der Waals surface area contributed by atoms with Crippen LogP contribution in [-0.4, -0.2) is 23.1 Å². The van der Waals surface area contributed by atoms with Gasteiger partial charge in [-0.1, -0.05) is 12.7 Å². The number of nitrogens with two attached hydrogens (primary N) is 1. The summed E-state index contributed by atoms with van der Waals surface area (Å²) in [6, 6.07) is 2.12. The van der Waals surface area contributed by atoms with E-state index in [1.807, 2.05) is 6.20 Å². The van der Waals surface area contributed by atoms with Gasteiger partial charge in [0.15, 0.2) is 0 Å². The van der Waals surface area contributed by atoms with Gasteiger partial charge >= 0.3 is 0 Å². The first-order chi connectivity index (χ1) is 9.31. The molecule has 3 heterocycles. The predicted molar refractivity (Wildman–Crippen MR) is 78.9 cm³/mol. The molecule has 0 saturated carbocycles. The quantitative estimate of drug-likeness (QED) is 0.863. The lowest BCUT2D eigenvalue weighted by Crippen LogP contribution is -2.26. The summed E-state index contributed by atoms with van der Waals surface area (Å²) in [4.78, 5) is 8.60. The van der Waals surface area contributed by atoms with Crippen LogP contribution in [0.4, 0.5) is 5.82 Å². The molecule has 0 bridgehead atoms. The Morgan fingerprint density at radius 2 is 2.11 bits per heavy atom. The first-order valence-electron chi connectivity index (χ1n) is 6.67. The highest BCUT2D eigenvalue weighted by atomic mass is 14.9. The van der Waals surface area contributed by atoms with E-state index < -0.39 is 0 Å². The second kappa shape index (κ2) is 4.97. The molecule has 2 aromatic rings. The Kier molecular flexibility index (Phi) is 3.17. The van der Waals surface area contributed by atoms with Crippen LogP contribution in [0.2, 0.25) is 0 Å². The Balaban J connectivity index is 2.23. The molecule has 0 atom stereocenters. The maximum Gasteiger partial charge on any atom is 0.131 e. The van der Waals surface area contributed by atoms with Gasteiger partial charge in [0, 0.05) is 17.1 Å². The van der Waals surface area contributed by atoms with E-state index in [0.717, 1.165) is 42.4 Å². The zero-order chi connectivity index (χ0) is 13.2. The number of rotatable bonds is 2. The topological polar surface area (TPSA) is 63.8 Å². The van der Waals surface area contributed by atoms with Crippen molar-refractivity contribution in [2.45, 2.75) is 18.8 Å². The molecule has 0 aliphatic carbocycles. The number of pyridine rings is 2. The van der Waals surface area contributed by atoms with E-state index in [2.05, 4.69) is 27.9 Å². The van der Waals surface area contributed by atoms with Gasteiger partial charge in [-0.15, -0.1) is 0 Å². The number of hydrogen-bond acceptors (Lipinski definition) is 4. The fourth-order valence-corrected chi connectivity index (χ4v) is 2.89. The molecule has 0 radical (unpaired) electrons. The van der Waals surface area contributed by atoms with Crippen molar-refractivity contribution in [3.8, 4) is 0 Å². The predicted octanol–water partition coefficient (Wildman–Crippen LogP) is 2.32. The van der Waals surface area contributed by atoms with Crippen molar-refractivity contribution in [3.05, 3.63) is 36.2 Å². The Morgan fingerprint density at radius 3 is 2.84 bits per heavy atom. The van der Waals surface area contributed by atoms with Gasteiger partial charge in [0.05, 0.1) is 11.7 Å². The maximum absolute atomic E-state index is 5.97. The molecule has 1 saturated heterocycles. The molecule has 4 heteroatoms. The second-order valence-electron chi connectivity index (χ2n) is 4.95. The normalized spacial score (nSPS) is 16.6. The van der Waals surface area contributed by atoms with E-state index in [0.29, 0.717) is 11.7 Å². The van der Waals surface area contributed by atoms with Crippen LogP contribution in [0, 0.1) is 0 Å². The Bertz CT molecular complexity index is 615. The Hall–Kier alpha value is -1.94. The number of aromatic nitrogens is 2. The third kappa shape index (κ3) is 2.08. The fraction of sp³-hybridized carbons (Fsp3) is 0.333. The molecule has 0 aromatic carbocycles. The number of anilines is 1. The van der Waals surface area contributed by atoms with Crippen LogP contribution in [0.5, 0.6) is 0 Å². The number of hydrogen-bond donors (Lipinski definition) is 2. The van der Waals surface area contributed by atoms with Gasteiger partial charge in [-0.05, 0) is 43.5 Å². The summed E-state index contributed by atoms with van der Waals surface area (Å²) in [6.07, 6.45) is 7.71. The maximum atomic E-state index is 5.97. The lowest BCUT2D eigenvalue weighted by Gasteiger charge is -2.24. The molecule has 0 amide bonds. The van der Waals surface area contributed by atoms with Crippen LogP contribution in [0.15, 0.2) is 25.0 Å². The van der Waals surface area contributed by atoms with E-state index in [1.165, 1.54) is 5.56 Å². The van der Waals surface area contributed by atoms with E-state index >= 15 is 0 Å². The molecule has 4 nitrogen and oxygen atoms in total. The minimum Gasteiger partial charge on any atom is -0.383 e. The smallest absolute Gasteiger partial charge is 0.131 e. The largest absolute Gasteiger partial charge is 0.383 e. The number of nitrogen functional groups attached to an aromatic ring is 1. The molecular weight excluding hydrogens is 236 g/mol. The van der Waals surface area contributed by atoms with Crippen molar-refractivity contribution in [2.24, 2.45) is 0 Å². The van der Waals surface area contributed by atoms with Gasteiger partial charge < -0.3 is 11.1 Å². The van der Waals surface area contributed by atoms with Crippen molar-refractivity contribution in [2.75, 3.05) is 18.8 Å². The summed E-state index contributed by atoms with van der Waals surface area (Å²) < 4.78 is 0. The molecular formula is C15H18N4. The van der Waals surface area contributed by atoms with Crippen molar-refractivity contribution >= 4 is 22.8 Å². The van der Waals surface area contributed by atoms with Crippen LogP contribution >= 0.6 is 0 Å². The van der Waals surface area contributed by atoms with Crippen molar-refractivity contribution in [1.29, 1.82) is 0 Å². The van der Waals surface area contributed by atoms with Gasteiger partial charge in [0.25, 0.3) is 0 Å². The number of nitrogens with zero attached hydrogens (tertiary/aromatic N) is 2. The summed E-state index contributed by atoms with van der Waals surface area (Å²) >= 11 is 0. The monoisotopic (exact) mass is 254 g/mol. The van der Waals surface area contributed by atoms with Crippen LogP contribution in [0.25, 0.3) is 17.0 Å². The lowest BCUT2D eigenvalue weighted by atomic mass is 9.87. The Morgan fingerprint density at radius 1 is 1.32 bits per heavy atom. The summed E-state index contributed by atoms with van der Waals surface area (Å²) in [5.41, 5.74) is 9.12. The Labute approximate surface area is 112 Å². The summed E-state index contributed by atoms with van der Waals surface area (Å²) in [6.45, 7) is 6.00. The molecule has 1 aliphatic rings. The third-order valence-electron chi connectivity index (χ3n) is 3.87. The molecule has 2 aromatic heterocycles. The summed E-state index contributed by atoms with van der Waals surface area (Å²) in [5, 5.41) is 4.52. The zero-order valence-electron chi connectivity index (χ0n) is 10.9. The van der Waals surface area contributed by atoms with Gasteiger partial charge in [0.1, 0.15) is 5.82 Å². The minimum atomic E-state index is 0.533. The third-order valence-corrected chi connectivity index (χ3v) is 3.87. The first kappa shape index (κ1) is 12.1. The molecule has 98 valence electrons. The van der Waals surface area contributed by atoms with Gasteiger partial charge in [-0.3, -0.25) is 4.98 Å². The highest BCUT2D eigenvalue weighted by Crippen LogP contribution is 2.34. The molecule has 3 rings (SSSR count).